The molecule has 2 heterocycles. The van der Waals surface area contributed by atoms with Crippen molar-refractivity contribution in [3.63, 3.8) is 0 Å². The number of para-hydroxylation sites is 1. The van der Waals surface area contributed by atoms with Crippen molar-refractivity contribution < 1.29 is 4.79 Å². The molecule has 146 valence electrons. The van der Waals surface area contributed by atoms with Gasteiger partial charge >= 0.3 is 0 Å². The van der Waals surface area contributed by atoms with Gasteiger partial charge in [0.1, 0.15) is 0 Å². The van der Waals surface area contributed by atoms with Gasteiger partial charge in [-0.2, -0.15) is 5.10 Å². The van der Waals surface area contributed by atoms with Gasteiger partial charge in [-0.3, -0.25) is 4.79 Å². The lowest BCUT2D eigenvalue weighted by Gasteiger charge is -2.16. The second kappa shape index (κ2) is 9.11. The highest BCUT2D eigenvalue weighted by Gasteiger charge is 2.17. The minimum Gasteiger partial charge on any atom is -0.341 e. The Morgan fingerprint density at radius 1 is 1.03 bits per heavy atom. The number of aromatic nitrogens is 2. The van der Waals surface area contributed by atoms with Crippen LogP contribution in [0.4, 0.5) is 0 Å². The van der Waals surface area contributed by atoms with Crippen molar-refractivity contribution in [2.45, 2.75) is 10.8 Å². The van der Waals surface area contributed by atoms with E-state index in [0.717, 1.165) is 26.7 Å². The zero-order valence-electron chi connectivity index (χ0n) is 16.1. The van der Waals surface area contributed by atoms with Crippen molar-refractivity contribution in [1.29, 1.82) is 0 Å². The first kappa shape index (κ1) is 19.5. The number of hydrogen-bond acceptors (Lipinski definition) is 4. The molecule has 4 rings (SSSR count). The van der Waals surface area contributed by atoms with Crippen molar-refractivity contribution in [2.24, 2.45) is 0 Å². The zero-order chi connectivity index (χ0) is 20.1. The molecule has 0 aliphatic rings. The fourth-order valence-corrected chi connectivity index (χ4v) is 4.73. The Kier molecular flexibility index (Phi) is 6.12. The molecule has 4 nitrogen and oxygen atoms in total. The third-order valence-corrected chi connectivity index (χ3v) is 6.64. The van der Waals surface area contributed by atoms with Gasteiger partial charge in [0.05, 0.1) is 21.3 Å². The van der Waals surface area contributed by atoms with E-state index < -0.39 is 0 Å². The average Bonchev–Trinajstić information content (AvgIpc) is 3.43. The molecule has 0 N–H and O–H groups in total. The maximum Gasteiger partial charge on any atom is 0.233 e. The molecule has 0 radical (unpaired) electrons. The van der Waals surface area contributed by atoms with Gasteiger partial charge in [0.2, 0.25) is 5.91 Å². The molecular formula is C23H21N3OS2. The molecule has 0 aliphatic heterocycles. The summed E-state index contributed by atoms with van der Waals surface area (Å²) in [6.07, 6.45) is 2.02. The summed E-state index contributed by atoms with van der Waals surface area (Å²) in [6.45, 7) is 0.515. The Hall–Kier alpha value is -2.83. The highest BCUT2D eigenvalue weighted by molar-refractivity contribution is 8.01. The number of amides is 1. The van der Waals surface area contributed by atoms with E-state index in [9.17, 15) is 4.79 Å². The standard InChI is InChI=1S/C23H21N3OS2/c1-25(21(27)17-29-22-13-8-14-28-22)15-19-16-26(20-11-6-3-7-12-20)24-23(19)18-9-4-2-5-10-18/h2-14,16H,15,17H2,1H3. The number of rotatable bonds is 7. The fourth-order valence-electron chi connectivity index (χ4n) is 3.01. The molecular weight excluding hydrogens is 398 g/mol. The lowest BCUT2D eigenvalue weighted by molar-refractivity contribution is -0.127. The maximum atomic E-state index is 12.6. The van der Waals surface area contributed by atoms with Gasteiger partial charge < -0.3 is 4.90 Å². The van der Waals surface area contributed by atoms with Crippen LogP contribution in [0, 0.1) is 0 Å². The largest absolute Gasteiger partial charge is 0.341 e. The van der Waals surface area contributed by atoms with Crippen LogP contribution < -0.4 is 0 Å². The van der Waals surface area contributed by atoms with Gasteiger partial charge in [-0.1, -0.05) is 54.6 Å². The molecule has 2 aromatic heterocycles. The number of hydrogen-bond donors (Lipinski definition) is 0. The van der Waals surface area contributed by atoms with E-state index in [4.69, 9.17) is 5.10 Å². The monoisotopic (exact) mass is 419 g/mol. The lowest BCUT2D eigenvalue weighted by atomic mass is 10.1. The number of thiophene rings is 1. The first-order valence-corrected chi connectivity index (χ1v) is 11.2. The Morgan fingerprint density at radius 3 is 2.45 bits per heavy atom. The van der Waals surface area contributed by atoms with Crippen LogP contribution in [-0.2, 0) is 11.3 Å². The van der Waals surface area contributed by atoms with E-state index >= 15 is 0 Å². The zero-order valence-corrected chi connectivity index (χ0v) is 17.7. The number of carbonyl (C=O) groups excluding carboxylic acids is 1. The van der Waals surface area contributed by atoms with Gasteiger partial charge in [0.25, 0.3) is 0 Å². The van der Waals surface area contributed by atoms with Gasteiger partial charge in [0, 0.05) is 30.9 Å². The second-order valence-electron chi connectivity index (χ2n) is 6.62. The first-order chi connectivity index (χ1) is 14.2. The summed E-state index contributed by atoms with van der Waals surface area (Å²) >= 11 is 3.24. The van der Waals surface area contributed by atoms with E-state index in [-0.39, 0.29) is 5.91 Å². The van der Waals surface area contributed by atoms with Gasteiger partial charge in [-0.05, 0) is 23.6 Å². The summed E-state index contributed by atoms with van der Waals surface area (Å²) in [7, 11) is 1.85. The van der Waals surface area contributed by atoms with Crippen LogP contribution in [0.5, 0.6) is 0 Å². The molecule has 4 aromatic rings. The summed E-state index contributed by atoms with van der Waals surface area (Å²) in [5.41, 5.74) is 3.97. The second-order valence-corrected chi connectivity index (χ2v) is 8.84. The van der Waals surface area contributed by atoms with E-state index in [1.54, 1.807) is 28.0 Å². The van der Waals surface area contributed by atoms with Crippen LogP contribution in [0.2, 0.25) is 0 Å². The SMILES string of the molecule is CN(Cc1cn(-c2ccccc2)nc1-c1ccccc1)C(=O)CSc1cccs1. The summed E-state index contributed by atoms with van der Waals surface area (Å²) in [5, 5.41) is 6.85. The van der Waals surface area contributed by atoms with Crippen LogP contribution in [0.25, 0.3) is 16.9 Å². The van der Waals surface area contributed by atoms with Gasteiger partial charge in [0.15, 0.2) is 0 Å². The molecule has 6 heteroatoms. The average molecular weight is 420 g/mol. The number of carbonyl (C=O) groups is 1. The topological polar surface area (TPSA) is 38.1 Å². The third kappa shape index (κ3) is 4.78. The summed E-state index contributed by atoms with van der Waals surface area (Å²) in [5.74, 6) is 0.541. The molecule has 0 aliphatic carbocycles. The molecule has 0 fully saturated rings. The number of nitrogens with zero attached hydrogens (tertiary/aromatic N) is 3. The Balaban J connectivity index is 1.56. The van der Waals surface area contributed by atoms with Crippen LogP contribution in [0.15, 0.2) is 88.6 Å². The molecule has 0 saturated carbocycles. The quantitative estimate of drug-likeness (QED) is 0.379. The summed E-state index contributed by atoms with van der Waals surface area (Å²) in [4.78, 5) is 14.4. The molecule has 0 spiro atoms. The van der Waals surface area contributed by atoms with Crippen molar-refractivity contribution in [3.8, 4) is 16.9 Å². The fraction of sp³-hybridized carbons (Fsp3) is 0.130. The predicted octanol–water partition coefficient (Wildman–Crippen LogP) is 5.35. The minimum atomic E-state index is 0.106. The van der Waals surface area contributed by atoms with E-state index in [0.29, 0.717) is 12.3 Å². The predicted molar refractivity (Wildman–Crippen MR) is 121 cm³/mol. The van der Waals surface area contributed by atoms with Crippen LogP contribution in [0.3, 0.4) is 0 Å². The Labute approximate surface area is 178 Å². The maximum absolute atomic E-state index is 12.6. The summed E-state index contributed by atoms with van der Waals surface area (Å²) in [6, 6.07) is 24.2. The smallest absolute Gasteiger partial charge is 0.233 e. The number of benzene rings is 2. The van der Waals surface area contributed by atoms with Crippen LogP contribution in [-0.4, -0.2) is 33.4 Å². The lowest BCUT2D eigenvalue weighted by Crippen LogP contribution is -2.27. The van der Waals surface area contributed by atoms with E-state index in [1.807, 2.05) is 84.0 Å². The molecule has 29 heavy (non-hydrogen) atoms. The summed E-state index contributed by atoms with van der Waals surface area (Å²) < 4.78 is 3.05. The molecule has 0 saturated heterocycles. The van der Waals surface area contributed by atoms with Crippen LogP contribution in [0.1, 0.15) is 5.56 Å². The first-order valence-electron chi connectivity index (χ1n) is 9.30. The Morgan fingerprint density at radius 2 is 1.76 bits per heavy atom. The molecule has 0 bridgehead atoms. The van der Waals surface area contributed by atoms with E-state index in [2.05, 4.69) is 12.1 Å². The van der Waals surface area contributed by atoms with Crippen molar-refractivity contribution in [3.05, 3.63) is 89.9 Å². The third-order valence-electron chi connectivity index (χ3n) is 4.52. The highest BCUT2D eigenvalue weighted by atomic mass is 32.2. The molecule has 0 unspecified atom stereocenters. The molecule has 1 amide bonds. The number of thioether (sulfide) groups is 1. The normalized spacial score (nSPS) is 10.8. The van der Waals surface area contributed by atoms with Crippen LogP contribution >= 0.6 is 23.1 Å². The van der Waals surface area contributed by atoms with E-state index in [1.165, 1.54) is 0 Å². The van der Waals surface area contributed by atoms with Gasteiger partial charge in [-0.15, -0.1) is 23.1 Å². The molecule has 2 aromatic carbocycles. The van der Waals surface area contributed by atoms with Crippen molar-refractivity contribution >= 4 is 29.0 Å². The Bertz CT molecular complexity index is 1060. The minimum absolute atomic E-state index is 0.106. The van der Waals surface area contributed by atoms with Crippen molar-refractivity contribution in [2.75, 3.05) is 12.8 Å². The highest BCUT2D eigenvalue weighted by Crippen LogP contribution is 2.26. The van der Waals surface area contributed by atoms with Crippen molar-refractivity contribution in [1.82, 2.24) is 14.7 Å². The molecule has 0 atom stereocenters. The van der Waals surface area contributed by atoms with Gasteiger partial charge in [-0.25, -0.2) is 4.68 Å².